The van der Waals surface area contributed by atoms with Crippen LogP contribution >= 0.6 is 0 Å². The van der Waals surface area contributed by atoms with Crippen LogP contribution in [0.4, 0.5) is 20.2 Å². The highest BCUT2D eigenvalue weighted by molar-refractivity contribution is 6.46. The first-order valence-corrected chi connectivity index (χ1v) is 10.1. The van der Waals surface area contributed by atoms with Gasteiger partial charge in [-0.2, -0.15) is 0 Å². The summed E-state index contributed by atoms with van der Waals surface area (Å²) in [5, 5.41) is 2.82. The lowest BCUT2D eigenvalue weighted by molar-refractivity contribution is -0.120. The van der Waals surface area contributed by atoms with Gasteiger partial charge in [0.25, 0.3) is 11.8 Å². The first-order valence-electron chi connectivity index (χ1n) is 10.1. The van der Waals surface area contributed by atoms with Crippen LogP contribution in [0.3, 0.4) is 0 Å². The zero-order valence-electron chi connectivity index (χ0n) is 17.3. The van der Waals surface area contributed by atoms with E-state index in [2.05, 4.69) is 5.32 Å². The molecule has 0 saturated heterocycles. The van der Waals surface area contributed by atoms with Gasteiger partial charge < -0.3 is 10.1 Å². The lowest BCUT2D eigenvalue weighted by Crippen LogP contribution is -2.32. The Morgan fingerprint density at radius 2 is 1.66 bits per heavy atom. The summed E-state index contributed by atoms with van der Waals surface area (Å²) in [6.45, 7) is 2.48. The van der Waals surface area contributed by atoms with Crippen molar-refractivity contribution >= 4 is 28.8 Å². The van der Waals surface area contributed by atoms with Crippen molar-refractivity contribution in [3.05, 3.63) is 95.7 Å². The van der Waals surface area contributed by atoms with E-state index in [-0.39, 0.29) is 17.0 Å². The Kier molecular flexibility index (Phi) is 5.98. The molecule has 1 heterocycles. The van der Waals surface area contributed by atoms with E-state index in [0.29, 0.717) is 23.6 Å². The molecule has 7 heteroatoms. The van der Waals surface area contributed by atoms with Crippen LogP contribution in [0.2, 0.25) is 0 Å². The number of carbonyl (C=O) groups is 2. The molecule has 1 aliphatic rings. The summed E-state index contributed by atoms with van der Waals surface area (Å²) in [5.74, 6) is -2.67. The van der Waals surface area contributed by atoms with Gasteiger partial charge in [-0.3, -0.25) is 9.59 Å². The van der Waals surface area contributed by atoms with Crippen molar-refractivity contribution in [2.24, 2.45) is 0 Å². The van der Waals surface area contributed by atoms with E-state index < -0.39 is 23.4 Å². The van der Waals surface area contributed by atoms with E-state index in [0.717, 1.165) is 23.5 Å². The molecule has 0 radical (unpaired) electrons. The van der Waals surface area contributed by atoms with Gasteiger partial charge in [-0.1, -0.05) is 43.3 Å². The number of imide groups is 1. The molecule has 0 bridgehead atoms. The highest BCUT2D eigenvalue weighted by atomic mass is 19.2. The van der Waals surface area contributed by atoms with Crippen LogP contribution in [-0.2, 0) is 9.59 Å². The quantitative estimate of drug-likeness (QED) is 0.523. The van der Waals surface area contributed by atoms with Gasteiger partial charge in [-0.25, -0.2) is 13.7 Å². The van der Waals surface area contributed by atoms with Crippen molar-refractivity contribution in [1.29, 1.82) is 0 Å². The third kappa shape index (κ3) is 4.09. The van der Waals surface area contributed by atoms with E-state index in [1.165, 1.54) is 6.07 Å². The summed E-state index contributed by atoms with van der Waals surface area (Å²) < 4.78 is 32.7. The Bertz CT molecular complexity index is 1210. The lowest BCUT2D eigenvalue weighted by Gasteiger charge is -2.16. The molecule has 0 fully saturated rings. The number of nitrogens with zero attached hydrogens (tertiary/aromatic N) is 1. The molecule has 0 atom stereocenters. The van der Waals surface area contributed by atoms with Crippen LogP contribution < -0.4 is 15.0 Å². The molecule has 1 aliphatic heterocycles. The van der Waals surface area contributed by atoms with Crippen LogP contribution in [0.1, 0.15) is 18.9 Å². The first kappa shape index (κ1) is 21.2. The Balaban J connectivity index is 1.76. The Morgan fingerprint density at radius 3 is 2.38 bits per heavy atom. The monoisotopic (exact) mass is 434 g/mol. The molecule has 3 aromatic rings. The van der Waals surface area contributed by atoms with Crippen LogP contribution in [0.15, 0.2) is 78.5 Å². The normalized spacial score (nSPS) is 13.7. The van der Waals surface area contributed by atoms with Gasteiger partial charge in [0.2, 0.25) is 0 Å². The standard InChI is InChI=1S/C25H20F2N2O3/c1-2-13-32-19-10-6-9-18(15-19)29-24(30)22(16-7-4-3-5-8-16)23(25(29)31)28-17-11-12-20(26)21(27)14-17/h3-12,14-15,28H,2,13H2,1H3. The van der Waals surface area contributed by atoms with Crippen LogP contribution in [0, 0.1) is 11.6 Å². The number of amides is 2. The summed E-state index contributed by atoms with van der Waals surface area (Å²) in [7, 11) is 0. The topological polar surface area (TPSA) is 58.6 Å². The van der Waals surface area contributed by atoms with E-state index in [1.54, 1.807) is 54.6 Å². The van der Waals surface area contributed by atoms with Crippen molar-refractivity contribution in [3.8, 4) is 5.75 Å². The molecular weight excluding hydrogens is 414 g/mol. The molecule has 0 spiro atoms. The lowest BCUT2D eigenvalue weighted by atomic mass is 10.0. The van der Waals surface area contributed by atoms with Crippen molar-refractivity contribution < 1.29 is 23.1 Å². The molecule has 0 saturated carbocycles. The largest absolute Gasteiger partial charge is 0.494 e. The van der Waals surface area contributed by atoms with Gasteiger partial charge in [0, 0.05) is 17.8 Å². The van der Waals surface area contributed by atoms with Gasteiger partial charge in [-0.05, 0) is 36.2 Å². The highest BCUT2D eigenvalue weighted by Crippen LogP contribution is 2.35. The number of nitrogens with one attached hydrogen (secondary N) is 1. The summed E-state index contributed by atoms with van der Waals surface area (Å²) >= 11 is 0. The van der Waals surface area contributed by atoms with E-state index >= 15 is 0 Å². The predicted molar refractivity (Wildman–Crippen MR) is 118 cm³/mol. The van der Waals surface area contributed by atoms with Gasteiger partial charge in [0.05, 0.1) is 17.9 Å². The number of benzene rings is 3. The summed E-state index contributed by atoms with van der Waals surface area (Å²) in [6.07, 6.45) is 0.813. The highest BCUT2D eigenvalue weighted by Gasteiger charge is 2.40. The van der Waals surface area contributed by atoms with Crippen LogP contribution in [-0.4, -0.2) is 18.4 Å². The number of halogens is 2. The van der Waals surface area contributed by atoms with Gasteiger partial charge in [-0.15, -0.1) is 0 Å². The number of anilines is 2. The smallest absolute Gasteiger partial charge is 0.282 e. The molecular formula is C25H20F2N2O3. The molecule has 1 N–H and O–H groups in total. The summed E-state index contributed by atoms with van der Waals surface area (Å²) in [5.41, 5.74) is 1.14. The van der Waals surface area contributed by atoms with E-state index in [9.17, 15) is 18.4 Å². The summed E-state index contributed by atoms with van der Waals surface area (Å²) in [6, 6.07) is 18.6. The second-order valence-corrected chi connectivity index (χ2v) is 7.16. The minimum atomic E-state index is -1.06. The molecule has 0 aromatic heterocycles. The maximum absolute atomic E-state index is 13.7. The van der Waals surface area contributed by atoms with Crippen molar-refractivity contribution in [3.63, 3.8) is 0 Å². The number of hydrogen-bond donors (Lipinski definition) is 1. The Hall–Kier alpha value is -4.00. The first-order chi connectivity index (χ1) is 15.5. The molecule has 0 unspecified atom stereocenters. The molecule has 2 amide bonds. The average Bonchev–Trinajstić information content (AvgIpc) is 3.05. The zero-order chi connectivity index (χ0) is 22.7. The Morgan fingerprint density at radius 1 is 0.875 bits per heavy atom. The fourth-order valence-corrected chi connectivity index (χ4v) is 3.40. The van der Waals surface area contributed by atoms with Gasteiger partial charge in [0.15, 0.2) is 11.6 Å². The number of hydrogen-bond acceptors (Lipinski definition) is 4. The third-order valence-corrected chi connectivity index (χ3v) is 4.88. The molecule has 162 valence electrons. The van der Waals surface area contributed by atoms with Crippen LogP contribution in [0.5, 0.6) is 5.75 Å². The maximum Gasteiger partial charge on any atom is 0.282 e. The second kappa shape index (κ2) is 9.01. The van der Waals surface area contributed by atoms with Crippen molar-refractivity contribution in [2.75, 3.05) is 16.8 Å². The van der Waals surface area contributed by atoms with E-state index in [4.69, 9.17) is 4.74 Å². The van der Waals surface area contributed by atoms with Gasteiger partial charge >= 0.3 is 0 Å². The molecule has 3 aromatic carbocycles. The average molecular weight is 434 g/mol. The minimum Gasteiger partial charge on any atom is -0.494 e. The fraction of sp³-hybridized carbons (Fsp3) is 0.120. The SMILES string of the molecule is CCCOc1cccc(N2C(=O)C(Nc3ccc(F)c(F)c3)=C(c3ccccc3)C2=O)c1. The van der Waals surface area contributed by atoms with Gasteiger partial charge in [0.1, 0.15) is 11.4 Å². The fourth-order valence-electron chi connectivity index (χ4n) is 3.40. The number of carbonyl (C=O) groups excluding carboxylic acids is 2. The molecule has 5 nitrogen and oxygen atoms in total. The minimum absolute atomic E-state index is 0.0212. The van der Waals surface area contributed by atoms with Crippen LogP contribution in [0.25, 0.3) is 5.57 Å². The Labute approximate surface area is 183 Å². The van der Waals surface area contributed by atoms with Crippen molar-refractivity contribution in [2.45, 2.75) is 13.3 Å². The summed E-state index contributed by atoms with van der Waals surface area (Å²) in [4.78, 5) is 27.8. The third-order valence-electron chi connectivity index (χ3n) is 4.88. The second-order valence-electron chi connectivity index (χ2n) is 7.16. The maximum atomic E-state index is 13.7. The van der Waals surface area contributed by atoms with E-state index in [1.807, 2.05) is 6.92 Å². The molecule has 4 rings (SSSR count). The number of ether oxygens (including phenoxy) is 1. The molecule has 0 aliphatic carbocycles. The van der Waals surface area contributed by atoms with Crippen molar-refractivity contribution in [1.82, 2.24) is 0 Å². The number of rotatable bonds is 7. The molecule has 32 heavy (non-hydrogen) atoms. The zero-order valence-corrected chi connectivity index (χ0v) is 17.3. The predicted octanol–water partition coefficient (Wildman–Crippen LogP) is 5.15.